The molecule has 0 amide bonds. The summed E-state index contributed by atoms with van der Waals surface area (Å²) in [6.07, 6.45) is -5.48. The normalized spacial score (nSPS) is 44.6. The van der Waals surface area contributed by atoms with Gasteiger partial charge in [-0.2, -0.15) is 0 Å². The van der Waals surface area contributed by atoms with E-state index < -0.39 is 87.7 Å². The summed E-state index contributed by atoms with van der Waals surface area (Å²) in [5.41, 5.74) is -6.75. The number of carbonyl (C=O) groups is 4. The number of ketones is 2. The van der Waals surface area contributed by atoms with Crippen molar-refractivity contribution >= 4 is 23.5 Å². The van der Waals surface area contributed by atoms with E-state index in [1.54, 1.807) is 39.0 Å². The number of ether oxygens (including phenoxy) is 3. The number of fused-ring (bicyclic) bond motifs is 5. The molecule has 0 spiro atoms. The van der Waals surface area contributed by atoms with Crippen molar-refractivity contribution in [2.24, 2.45) is 28.6 Å². The maximum Gasteiger partial charge on any atom is 0.338 e. The molecule has 1 aromatic carbocycles. The second-order valence-electron chi connectivity index (χ2n) is 12.5. The Morgan fingerprint density at radius 3 is 2.28 bits per heavy atom. The summed E-state index contributed by atoms with van der Waals surface area (Å²) in [6.45, 7) is 7.28. The van der Waals surface area contributed by atoms with Gasteiger partial charge in [0, 0.05) is 31.1 Å². The van der Waals surface area contributed by atoms with Crippen molar-refractivity contribution in [3.05, 3.63) is 35.9 Å². The van der Waals surface area contributed by atoms with E-state index >= 15 is 0 Å². The maximum atomic E-state index is 14.2. The number of aliphatic hydroxyl groups excluding tert-OH is 2. The van der Waals surface area contributed by atoms with Gasteiger partial charge in [-0.05, 0) is 25.0 Å². The van der Waals surface area contributed by atoms with Crippen LogP contribution in [0.4, 0.5) is 0 Å². The molecule has 212 valence electrons. The van der Waals surface area contributed by atoms with Gasteiger partial charge in [0.2, 0.25) is 11.6 Å². The SMILES string of the molecule is CC(=O)O[C@@]12CO[C@@H]1C[C@H](O)[C@@]1(C)C(=O)C(=O)C3C(C)C(O)C[C@@](O)([C@@H](OC(=O)c4ccccc4)[C@H]21)C3(C)C. The molecule has 3 unspecified atom stereocenters. The number of rotatable bonds is 3. The molecule has 1 aromatic rings. The summed E-state index contributed by atoms with van der Waals surface area (Å²) in [5, 5.41) is 35.2. The summed E-state index contributed by atoms with van der Waals surface area (Å²) in [6, 6.07) is 8.06. The third kappa shape index (κ3) is 3.61. The Bertz CT molecular complexity index is 1210. The summed E-state index contributed by atoms with van der Waals surface area (Å²) < 4.78 is 17.7. The molecule has 5 rings (SSSR count). The Balaban J connectivity index is 1.80. The third-order valence-corrected chi connectivity index (χ3v) is 10.2. The highest BCUT2D eigenvalue weighted by Crippen LogP contribution is 2.64. The fourth-order valence-electron chi connectivity index (χ4n) is 7.95. The number of aliphatic hydroxyl groups is 3. The summed E-state index contributed by atoms with van der Waals surface area (Å²) in [5.74, 6) is -6.47. The van der Waals surface area contributed by atoms with Crippen molar-refractivity contribution in [3.63, 3.8) is 0 Å². The molecular weight excluding hydrogens is 508 g/mol. The molecule has 10 heteroatoms. The molecule has 10 atom stereocenters. The third-order valence-electron chi connectivity index (χ3n) is 10.2. The highest BCUT2D eigenvalue weighted by atomic mass is 16.6. The first-order valence-electron chi connectivity index (χ1n) is 13.4. The molecule has 1 saturated heterocycles. The average Bonchev–Trinajstić information content (AvgIpc) is 2.87. The van der Waals surface area contributed by atoms with Gasteiger partial charge in [-0.1, -0.05) is 39.0 Å². The van der Waals surface area contributed by atoms with Gasteiger partial charge < -0.3 is 29.5 Å². The lowest BCUT2D eigenvalue weighted by Crippen LogP contribution is -2.82. The Kier molecular flexibility index (Phi) is 6.38. The number of hydrogen-bond acceptors (Lipinski definition) is 10. The molecular formula is C29H36O10. The first-order valence-corrected chi connectivity index (χ1v) is 13.4. The lowest BCUT2D eigenvalue weighted by molar-refractivity contribution is -0.349. The number of carbonyl (C=O) groups excluding carboxylic acids is 4. The molecule has 4 aliphatic rings. The molecule has 0 aromatic heterocycles. The Morgan fingerprint density at radius 2 is 1.72 bits per heavy atom. The highest BCUT2D eigenvalue weighted by Gasteiger charge is 2.78. The predicted molar refractivity (Wildman–Crippen MR) is 134 cm³/mol. The standard InChI is InChI=1S/C29H36O10/c1-14-17(31)12-29(36)24(38-25(35)16-9-7-6-8-10-16)22-27(5,23(34)21(33)20(14)26(29,3)4)18(32)11-19-28(22,13-37-19)39-15(2)30/h6-10,14,17-20,22,24,31-32,36H,11-13H2,1-5H3/t14?,17?,18-,19+,20?,22-,24-,27+,28-,29+/m0/s1. The van der Waals surface area contributed by atoms with Gasteiger partial charge in [0.25, 0.3) is 0 Å². The molecule has 39 heavy (non-hydrogen) atoms. The smallest absolute Gasteiger partial charge is 0.338 e. The van der Waals surface area contributed by atoms with Crippen molar-refractivity contribution in [1.29, 1.82) is 0 Å². The monoisotopic (exact) mass is 544 g/mol. The summed E-state index contributed by atoms with van der Waals surface area (Å²) in [4.78, 5) is 54.2. The van der Waals surface area contributed by atoms with E-state index in [-0.39, 0.29) is 25.0 Å². The van der Waals surface area contributed by atoms with Gasteiger partial charge in [-0.25, -0.2) is 4.79 Å². The Morgan fingerprint density at radius 1 is 1.08 bits per heavy atom. The van der Waals surface area contributed by atoms with Crippen LogP contribution in [0.1, 0.15) is 57.8 Å². The van der Waals surface area contributed by atoms with Crippen LogP contribution in [0.2, 0.25) is 0 Å². The van der Waals surface area contributed by atoms with Crippen molar-refractivity contribution < 1.29 is 48.7 Å². The van der Waals surface area contributed by atoms with Crippen LogP contribution in [0.3, 0.4) is 0 Å². The molecule has 1 heterocycles. The van der Waals surface area contributed by atoms with Crippen LogP contribution in [0.15, 0.2) is 30.3 Å². The average molecular weight is 545 g/mol. The van der Waals surface area contributed by atoms with Crippen LogP contribution in [0, 0.1) is 28.6 Å². The molecule has 0 radical (unpaired) electrons. The van der Waals surface area contributed by atoms with Crippen LogP contribution in [0.25, 0.3) is 0 Å². The molecule has 3 N–H and O–H groups in total. The molecule has 1 aliphatic heterocycles. The number of hydrogen-bond donors (Lipinski definition) is 3. The van der Waals surface area contributed by atoms with E-state index in [2.05, 4.69) is 0 Å². The van der Waals surface area contributed by atoms with Gasteiger partial charge in [0.1, 0.15) is 17.8 Å². The minimum absolute atomic E-state index is 0.108. The van der Waals surface area contributed by atoms with Gasteiger partial charge in [-0.3, -0.25) is 14.4 Å². The quantitative estimate of drug-likeness (QED) is 0.373. The zero-order valence-electron chi connectivity index (χ0n) is 22.7. The highest BCUT2D eigenvalue weighted by molar-refractivity contribution is 6.40. The van der Waals surface area contributed by atoms with Crippen molar-refractivity contribution in [2.45, 2.75) is 83.1 Å². The van der Waals surface area contributed by atoms with Crippen LogP contribution < -0.4 is 0 Å². The van der Waals surface area contributed by atoms with E-state index in [4.69, 9.17) is 14.2 Å². The fourth-order valence-corrected chi connectivity index (χ4v) is 7.95. The van der Waals surface area contributed by atoms with Crippen LogP contribution in [-0.2, 0) is 28.6 Å². The number of esters is 2. The lowest BCUT2D eigenvalue weighted by Gasteiger charge is -2.67. The van der Waals surface area contributed by atoms with Crippen LogP contribution in [-0.4, -0.2) is 81.0 Å². The molecule has 4 fully saturated rings. The topological polar surface area (TPSA) is 157 Å². The zero-order chi connectivity index (χ0) is 28.7. The maximum absolute atomic E-state index is 14.2. The largest absolute Gasteiger partial charge is 0.455 e. The van der Waals surface area contributed by atoms with Gasteiger partial charge in [0.15, 0.2) is 5.60 Å². The Hall–Kier alpha value is -2.66. The summed E-state index contributed by atoms with van der Waals surface area (Å²) in [7, 11) is 0. The minimum atomic E-state index is -2.07. The minimum Gasteiger partial charge on any atom is -0.455 e. The van der Waals surface area contributed by atoms with Gasteiger partial charge >= 0.3 is 11.9 Å². The van der Waals surface area contributed by atoms with E-state index in [1.165, 1.54) is 26.0 Å². The van der Waals surface area contributed by atoms with Crippen molar-refractivity contribution in [3.8, 4) is 0 Å². The predicted octanol–water partition coefficient (Wildman–Crippen LogP) is 1.23. The first-order chi connectivity index (χ1) is 18.1. The van der Waals surface area contributed by atoms with Crippen molar-refractivity contribution in [1.82, 2.24) is 0 Å². The first kappa shape index (κ1) is 27.9. The van der Waals surface area contributed by atoms with E-state index in [0.29, 0.717) is 0 Å². The van der Waals surface area contributed by atoms with E-state index in [0.717, 1.165) is 0 Å². The second kappa shape index (κ2) is 8.92. The number of Topliss-reactive ketones (excluding diaryl/α,β-unsaturated/α-hetero) is 2. The van der Waals surface area contributed by atoms with Crippen LogP contribution >= 0.6 is 0 Å². The van der Waals surface area contributed by atoms with Gasteiger partial charge in [0.05, 0.1) is 35.7 Å². The lowest BCUT2D eigenvalue weighted by atomic mass is 9.42. The van der Waals surface area contributed by atoms with Crippen molar-refractivity contribution in [2.75, 3.05) is 6.61 Å². The van der Waals surface area contributed by atoms with E-state index in [1.807, 2.05) is 0 Å². The zero-order valence-corrected chi connectivity index (χ0v) is 22.7. The molecule has 2 bridgehead atoms. The molecule has 3 aliphatic carbocycles. The number of benzene rings is 1. The Labute approximate surface area is 226 Å². The summed E-state index contributed by atoms with van der Waals surface area (Å²) >= 11 is 0. The molecule has 10 nitrogen and oxygen atoms in total. The van der Waals surface area contributed by atoms with Gasteiger partial charge in [-0.15, -0.1) is 0 Å². The second-order valence-corrected chi connectivity index (χ2v) is 12.5. The van der Waals surface area contributed by atoms with Crippen LogP contribution in [0.5, 0.6) is 0 Å². The fraction of sp³-hybridized carbons (Fsp3) is 0.655. The molecule has 3 saturated carbocycles. The van der Waals surface area contributed by atoms with E-state index in [9.17, 15) is 34.5 Å².